The van der Waals surface area contributed by atoms with Crippen molar-refractivity contribution in [3.63, 3.8) is 0 Å². The summed E-state index contributed by atoms with van der Waals surface area (Å²) < 4.78 is 32.5. The van der Waals surface area contributed by atoms with Gasteiger partial charge in [-0.15, -0.1) is 11.3 Å². The first-order chi connectivity index (χ1) is 15.9. The maximum Gasteiger partial charge on any atom is 0.254 e. The van der Waals surface area contributed by atoms with E-state index >= 15 is 0 Å². The van der Waals surface area contributed by atoms with Crippen LogP contribution in [0.5, 0.6) is 0 Å². The number of carbonyl (C=O) groups excluding carboxylic acids is 1. The van der Waals surface area contributed by atoms with E-state index in [2.05, 4.69) is 13.0 Å². The molecular weight excluding hydrogens is 456 g/mol. The fraction of sp³-hybridized carbons (Fsp3) is 0.320. The summed E-state index contributed by atoms with van der Waals surface area (Å²) >= 11 is 1.68. The van der Waals surface area contributed by atoms with Crippen molar-refractivity contribution >= 4 is 27.3 Å². The van der Waals surface area contributed by atoms with Crippen LogP contribution in [-0.2, 0) is 27.7 Å². The van der Waals surface area contributed by atoms with Crippen molar-refractivity contribution in [1.82, 2.24) is 9.21 Å². The molecule has 1 saturated heterocycles. The average molecular weight is 485 g/mol. The van der Waals surface area contributed by atoms with Gasteiger partial charge in [-0.25, -0.2) is 8.42 Å². The van der Waals surface area contributed by atoms with Crippen LogP contribution in [0.15, 0.2) is 77.0 Å². The second kappa shape index (κ2) is 10.6. The maximum atomic E-state index is 13.5. The van der Waals surface area contributed by atoms with E-state index in [1.54, 1.807) is 23.5 Å². The summed E-state index contributed by atoms with van der Waals surface area (Å²) in [5.74, 6) is -0.113. The standard InChI is InChI=1S/C25H28N2O4S2/c1-20(18-23-8-5-17-32-23)27(19-21-6-3-2-4-7-21)25(28)22-9-11-24(12-10-22)33(29,30)26-13-15-31-16-14-26/h2-12,17,20H,13-16,18-19H2,1H3. The molecule has 1 fully saturated rings. The summed E-state index contributed by atoms with van der Waals surface area (Å²) in [6, 6.07) is 20.3. The molecular formula is C25H28N2O4S2. The van der Waals surface area contributed by atoms with Crippen LogP contribution < -0.4 is 0 Å². The maximum absolute atomic E-state index is 13.5. The molecule has 1 aliphatic rings. The van der Waals surface area contributed by atoms with Gasteiger partial charge in [-0.05, 0) is 48.2 Å². The van der Waals surface area contributed by atoms with Crippen LogP contribution in [0.2, 0.25) is 0 Å². The molecule has 1 aromatic heterocycles. The van der Waals surface area contributed by atoms with E-state index in [9.17, 15) is 13.2 Å². The van der Waals surface area contributed by atoms with Crippen LogP contribution in [-0.4, -0.2) is 55.9 Å². The summed E-state index contributed by atoms with van der Waals surface area (Å²) in [7, 11) is -3.59. The Hall–Kier alpha value is -2.52. The second-order valence-electron chi connectivity index (χ2n) is 8.09. The molecule has 2 aromatic carbocycles. The number of benzene rings is 2. The third-order valence-corrected chi connectivity index (χ3v) is 8.59. The first kappa shape index (κ1) is 23.6. The van der Waals surface area contributed by atoms with E-state index in [0.29, 0.717) is 38.4 Å². The Kier molecular flexibility index (Phi) is 7.60. The molecule has 2 heterocycles. The van der Waals surface area contributed by atoms with E-state index in [1.165, 1.54) is 21.3 Å². The van der Waals surface area contributed by atoms with Crippen molar-refractivity contribution in [3.05, 3.63) is 88.1 Å². The van der Waals surface area contributed by atoms with Gasteiger partial charge in [0.25, 0.3) is 5.91 Å². The zero-order valence-corrected chi connectivity index (χ0v) is 20.2. The summed E-state index contributed by atoms with van der Waals surface area (Å²) in [4.78, 5) is 16.8. The molecule has 1 unspecified atom stereocenters. The van der Waals surface area contributed by atoms with Gasteiger partial charge in [-0.2, -0.15) is 4.31 Å². The SMILES string of the molecule is CC(Cc1cccs1)N(Cc1ccccc1)C(=O)c1ccc(S(=O)(=O)N2CCOCC2)cc1. The number of thiophene rings is 1. The molecule has 8 heteroatoms. The minimum absolute atomic E-state index is 0.0203. The zero-order valence-electron chi connectivity index (χ0n) is 18.6. The number of ether oxygens (including phenoxy) is 1. The minimum Gasteiger partial charge on any atom is -0.379 e. The molecule has 6 nitrogen and oxygen atoms in total. The molecule has 0 saturated carbocycles. The first-order valence-corrected chi connectivity index (χ1v) is 13.3. The van der Waals surface area contributed by atoms with E-state index in [1.807, 2.05) is 46.7 Å². The van der Waals surface area contributed by atoms with Gasteiger partial charge in [0.2, 0.25) is 10.0 Å². The fourth-order valence-corrected chi connectivity index (χ4v) is 6.14. The van der Waals surface area contributed by atoms with Gasteiger partial charge in [-0.1, -0.05) is 36.4 Å². The highest BCUT2D eigenvalue weighted by Crippen LogP contribution is 2.22. The lowest BCUT2D eigenvalue weighted by atomic mass is 10.1. The van der Waals surface area contributed by atoms with Gasteiger partial charge in [0, 0.05) is 42.5 Å². The number of hydrogen-bond donors (Lipinski definition) is 0. The van der Waals surface area contributed by atoms with E-state index in [0.717, 1.165) is 12.0 Å². The van der Waals surface area contributed by atoms with Crippen molar-refractivity contribution < 1.29 is 17.9 Å². The van der Waals surface area contributed by atoms with Gasteiger partial charge in [0.1, 0.15) is 0 Å². The largest absolute Gasteiger partial charge is 0.379 e. The van der Waals surface area contributed by atoms with Crippen LogP contribution in [0.3, 0.4) is 0 Å². The van der Waals surface area contributed by atoms with Crippen molar-refractivity contribution in [2.75, 3.05) is 26.3 Å². The lowest BCUT2D eigenvalue weighted by Gasteiger charge is -2.30. The predicted molar refractivity (Wildman–Crippen MR) is 130 cm³/mol. The topological polar surface area (TPSA) is 66.9 Å². The third-order valence-electron chi connectivity index (χ3n) is 5.77. The fourth-order valence-electron chi connectivity index (χ4n) is 3.91. The highest BCUT2D eigenvalue weighted by molar-refractivity contribution is 7.89. The van der Waals surface area contributed by atoms with Crippen LogP contribution in [0.1, 0.15) is 27.7 Å². The van der Waals surface area contributed by atoms with Crippen molar-refractivity contribution in [1.29, 1.82) is 0 Å². The van der Waals surface area contributed by atoms with Crippen LogP contribution in [0.25, 0.3) is 0 Å². The van der Waals surface area contributed by atoms with Gasteiger partial charge >= 0.3 is 0 Å². The van der Waals surface area contributed by atoms with Crippen LogP contribution >= 0.6 is 11.3 Å². The van der Waals surface area contributed by atoms with Crippen LogP contribution in [0.4, 0.5) is 0 Å². The van der Waals surface area contributed by atoms with Gasteiger partial charge in [-0.3, -0.25) is 4.79 Å². The summed E-state index contributed by atoms with van der Waals surface area (Å²) in [6.07, 6.45) is 0.764. The molecule has 0 spiro atoms. The first-order valence-electron chi connectivity index (χ1n) is 11.0. The number of rotatable bonds is 8. The Morgan fingerprint density at radius 2 is 1.73 bits per heavy atom. The second-order valence-corrected chi connectivity index (χ2v) is 11.1. The quantitative estimate of drug-likeness (QED) is 0.484. The average Bonchev–Trinajstić information content (AvgIpc) is 3.36. The Morgan fingerprint density at radius 1 is 1.03 bits per heavy atom. The monoisotopic (exact) mass is 484 g/mol. The molecule has 1 aliphatic heterocycles. The number of nitrogens with zero attached hydrogens (tertiary/aromatic N) is 2. The summed E-state index contributed by atoms with van der Waals surface area (Å²) in [6.45, 7) is 4.01. The zero-order chi connectivity index (χ0) is 23.3. The van der Waals surface area contributed by atoms with Crippen molar-refractivity contribution in [2.24, 2.45) is 0 Å². The molecule has 33 heavy (non-hydrogen) atoms. The van der Waals surface area contributed by atoms with Crippen molar-refractivity contribution in [3.8, 4) is 0 Å². The Labute approximate surface area is 199 Å². The Morgan fingerprint density at radius 3 is 2.36 bits per heavy atom. The number of sulfonamides is 1. The summed E-state index contributed by atoms with van der Waals surface area (Å²) in [5, 5.41) is 2.04. The van der Waals surface area contributed by atoms with E-state index < -0.39 is 10.0 Å². The number of amides is 1. The minimum atomic E-state index is -3.59. The third kappa shape index (κ3) is 5.70. The molecule has 4 rings (SSSR count). The molecule has 0 N–H and O–H groups in total. The number of hydrogen-bond acceptors (Lipinski definition) is 5. The number of morpholine rings is 1. The predicted octanol–water partition coefficient (Wildman–Crippen LogP) is 4.04. The Bertz CT molecular complexity index is 1140. The Balaban J connectivity index is 1.55. The molecule has 0 radical (unpaired) electrons. The smallest absolute Gasteiger partial charge is 0.254 e. The lowest BCUT2D eigenvalue weighted by Crippen LogP contribution is -2.40. The summed E-state index contributed by atoms with van der Waals surface area (Å²) in [5.41, 5.74) is 1.53. The van der Waals surface area contributed by atoms with Crippen LogP contribution in [0, 0.1) is 0 Å². The molecule has 1 amide bonds. The normalized spacial score (nSPS) is 15.8. The van der Waals surface area contributed by atoms with Gasteiger partial charge in [0.05, 0.1) is 18.1 Å². The van der Waals surface area contributed by atoms with E-state index in [-0.39, 0.29) is 16.8 Å². The molecule has 1 atom stereocenters. The molecule has 0 bridgehead atoms. The lowest BCUT2D eigenvalue weighted by molar-refractivity contribution is 0.0676. The van der Waals surface area contributed by atoms with Crippen molar-refractivity contribution in [2.45, 2.75) is 30.8 Å². The highest BCUT2D eigenvalue weighted by Gasteiger charge is 2.27. The molecule has 0 aliphatic carbocycles. The molecule has 174 valence electrons. The number of carbonyl (C=O) groups is 1. The van der Waals surface area contributed by atoms with E-state index in [4.69, 9.17) is 4.74 Å². The highest BCUT2D eigenvalue weighted by atomic mass is 32.2. The van der Waals surface area contributed by atoms with Gasteiger partial charge < -0.3 is 9.64 Å². The molecule has 3 aromatic rings. The van der Waals surface area contributed by atoms with Gasteiger partial charge in [0.15, 0.2) is 0 Å².